The Bertz CT molecular complexity index is 473. The largest absolute Gasteiger partial charge is 0.387 e. The summed E-state index contributed by atoms with van der Waals surface area (Å²) in [4.78, 5) is 2.42. The molecule has 3 heteroatoms. The molecule has 1 N–H and O–H groups in total. The number of hydrogen-bond donors (Lipinski definition) is 1. The van der Waals surface area contributed by atoms with Crippen LogP contribution in [-0.2, 0) is 0 Å². The Balaban J connectivity index is 1.94. The van der Waals surface area contributed by atoms with E-state index < -0.39 is 0 Å². The normalized spacial score (nSPS) is 12.6. The molecule has 17 heavy (non-hydrogen) atoms. The minimum atomic E-state index is -0.368. The molecule has 1 aromatic carbocycles. The van der Waals surface area contributed by atoms with Crippen LogP contribution in [0.2, 0.25) is 0 Å². The van der Waals surface area contributed by atoms with Gasteiger partial charge in [0.2, 0.25) is 0 Å². The Morgan fingerprint density at radius 1 is 1.18 bits per heavy atom. The fourth-order valence-corrected chi connectivity index (χ4v) is 3.26. The molecule has 0 aliphatic carbocycles. The van der Waals surface area contributed by atoms with Crippen LogP contribution in [-0.4, -0.2) is 10.9 Å². The van der Waals surface area contributed by atoms with Crippen molar-refractivity contribution in [2.75, 3.05) is 5.75 Å². The van der Waals surface area contributed by atoms with Gasteiger partial charge in [-0.05, 0) is 43.0 Å². The second-order valence-corrected chi connectivity index (χ2v) is 6.29. The van der Waals surface area contributed by atoms with Crippen molar-refractivity contribution in [3.63, 3.8) is 0 Å². The first-order valence-electron chi connectivity index (χ1n) is 5.58. The van der Waals surface area contributed by atoms with E-state index in [4.69, 9.17) is 0 Å². The average Bonchev–Trinajstić information content (AvgIpc) is 2.74. The van der Waals surface area contributed by atoms with Crippen molar-refractivity contribution >= 4 is 23.1 Å². The van der Waals surface area contributed by atoms with Crippen LogP contribution in [0.1, 0.15) is 22.1 Å². The highest BCUT2D eigenvalue weighted by Crippen LogP contribution is 2.28. The third-order valence-corrected chi connectivity index (χ3v) is 4.64. The smallest absolute Gasteiger partial charge is 0.0894 e. The van der Waals surface area contributed by atoms with Crippen molar-refractivity contribution in [2.45, 2.75) is 24.8 Å². The van der Waals surface area contributed by atoms with Crippen LogP contribution in [0, 0.1) is 13.8 Å². The third kappa shape index (κ3) is 3.35. The molecular weight excluding hydrogens is 248 g/mol. The van der Waals surface area contributed by atoms with E-state index in [1.54, 1.807) is 23.1 Å². The van der Waals surface area contributed by atoms with Gasteiger partial charge in [-0.15, -0.1) is 23.1 Å². The van der Waals surface area contributed by atoms with Crippen LogP contribution in [0.25, 0.3) is 0 Å². The van der Waals surface area contributed by atoms with Gasteiger partial charge in [-0.25, -0.2) is 0 Å². The number of benzene rings is 1. The molecule has 2 aromatic rings. The maximum atomic E-state index is 10.1. The lowest BCUT2D eigenvalue weighted by molar-refractivity contribution is 0.204. The molecule has 0 fully saturated rings. The lowest BCUT2D eigenvalue weighted by atomic mass is 10.2. The lowest BCUT2D eigenvalue weighted by Crippen LogP contribution is -2.00. The van der Waals surface area contributed by atoms with E-state index in [0.717, 1.165) is 5.56 Å². The zero-order valence-corrected chi connectivity index (χ0v) is 11.6. The van der Waals surface area contributed by atoms with Crippen LogP contribution >= 0.6 is 23.1 Å². The van der Waals surface area contributed by atoms with E-state index in [1.807, 2.05) is 11.4 Å². The Morgan fingerprint density at radius 3 is 2.47 bits per heavy atom. The monoisotopic (exact) mass is 264 g/mol. The molecule has 1 atom stereocenters. The molecule has 0 saturated carbocycles. The fraction of sp³-hybridized carbons (Fsp3) is 0.286. The Morgan fingerprint density at radius 2 is 1.88 bits per heavy atom. The highest BCUT2D eigenvalue weighted by atomic mass is 32.2. The number of thioether (sulfide) groups is 1. The molecule has 0 bridgehead atoms. The SMILES string of the molecule is Cc1ccc(SCC(O)c2ccsc2C)cc1. The van der Waals surface area contributed by atoms with Gasteiger partial charge in [0.15, 0.2) is 0 Å². The van der Waals surface area contributed by atoms with Gasteiger partial charge in [-0.3, -0.25) is 0 Å². The number of thiophene rings is 1. The van der Waals surface area contributed by atoms with Crippen LogP contribution in [0.15, 0.2) is 40.6 Å². The number of rotatable bonds is 4. The van der Waals surface area contributed by atoms with Gasteiger partial charge in [0, 0.05) is 15.5 Å². The van der Waals surface area contributed by atoms with E-state index in [0.29, 0.717) is 5.75 Å². The zero-order valence-electron chi connectivity index (χ0n) is 10.0. The highest BCUT2D eigenvalue weighted by molar-refractivity contribution is 7.99. The maximum Gasteiger partial charge on any atom is 0.0894 e. The summed E-state index contributed by atoms with van der Waals surface area (Å²) in [7, 11) is 0. The summed E-state index contributed by atoms with van der Waals surface area (Å²) in [6, 6.07) is 10.4. The number of hydrogen-bond acceptors (Lipinski definition) is 3. The van der Waals surface area contributed by atoms with Crippen molar-refractivity contribution in [3.05, 3.63) is 51.7 Å². The zero-order chi connectivity index (χ0) is 12.3. The van der Waals surface area contributed by atoms with E-state index in [2.05, 4.69) is 38.1 Å². The number of aliphatic hydroxyl groups excluding tert-OH is 1. The summed E-state index contributed by atoms with van der Waals surface area (Å²) in [6.45, 7) is 4.14. The predicted octanol–water partition coefficient (Wildman–Crippen LogP) is 4.19. The highest BCUT2D eigenvalue weighted by Gasteiger charge is 2.11. The van der Waals surface area contributed by atoms with Crippen molar-refractivity contribution in [1.29, 1.82) is 0 Å². The molecule has 0 aliphatic rings. The van der Waals surface area contributed by atoms with Crippen molar-refractivity contribution in [3.8, 4) is 0 Å². The number of aliphatic hydroxyl groups is 1. The topological polar surface area (TPSA) is 20.2 Å². The molecule has 1 aromatic heterocycles. The van der Waals surface area contributed by atoms with Crippen LogP contribution in [0.5, 0.6) is 0 Å². The van der Waals surface area contributed by atoms with Crippen LogP contribution in [0.4, 0.5) is 0 Å². The third-order valence-electron chi connectivity index (χ3n) is 2.69. The van der Waals surface area contributed by atoms with Crippen molar-refractivity contribution in [2.24, 2.45) is 0 Å². The van der Waals surface area contributed by atoms with Gasteiger partial charge in [-0.1, -0.05) is 17.7 Å². The molecule has 90 valence electrons. The first-order chi connectivity index (χ1) is 8.16. The molecule has 0 amide bonds. The summed E-state index contributed by atoms with van der Waals surface area (Å²) in [5.41, 5.74) is 2.33. The molecule has 1 nitrogen and oxygen atoms in total. The second-order valence-electron chi connectivity index (χ2n) is 4.07. The molecule has 0 spiro atoms. The van der Waals surface area contributed by atoms with Gasteiger partial charge >= 0.3 is 0 Å². The minimum Gasteiger partial charge on any atom is -0.387 e. The summed E-state index contributed by atoms with van der Waals surface area (Å²) in [5.74, 6) is 0.709. The molecule has 2 rings (SSSR count). The van der Waals surface area contributed by atoms with Crippen molar-refractivity contribution in [1.82, 2.24) is 0 Å². The average molecular weight is 264 g/mol. The first-order valence-corrected chi connectivity index (χ1v) is 7.45. The molecule has 0 aliphatic heterocycles. The van der Waals surface area contributed by atoms with Crippen LogP contribution in [0.3, 0.4) is 0 Å². The molecule has 1 heterocycles. The van der Waals surface area contributed by atoms with E-state index in [9.17, 15) is 5.11 Å². The van der Waals surface area contributed by atoms with Gasteiger partial charge in [0.05, 0.1) is 6.10 Å². The van der Waals surface area contributed by atoms with Gasteiger partial charge in [-0.2, -0.15) is 0 Å². The summed E-state index contributed by atoms with van der Waals surface area (Å²) >= 11 is 3.39. The summed E-state index contributed by atoms with van der Waals surface area (Å²) in [5, 5.41) is 12.1. The maximum absolute atomic E-state index is 10.1. The van der Waals surface area contributed by atoms with E-state index >= 15 is 0 Å². The summed E-state index contributed by atoms with van der Waals surface area (Å²) < 4.78 is 0. The molecule has 0 radical (unpaired) electrons. The molecule has 0 saturated heterocycles. The van der Waals surface area contributed by atoms with E-state index in [-0.39, 0.29) is 6.10 Å². The number of aryl methyl sites for hydroxylation is 2. The van der Waals surface area contributed by atoms with E-state index in [1.165, 1.54) is 15.3 Å². The molecule has 1 unspecified atom stereocenters. The lowest BCUT2D eigenvalue weighted by Gasteiger charge is -2.10. The first kappa shape index (κ1) is 12.7. The quantitative estimate of drug-likeness (QED) is 0.836. The summed E-state index contributed by atoms with van der Waals surface area (Å²) in [6.07, 6.45) is -0.368. The van der Waals surface area contributed by atoms with Gasteiger partial charge < -0.3 is 5.11 Å². The Hall–Kier alpha value is -0.770. The van der Waals surface area contributed by atoms with Gasteiger partial charge in [0.1, 0.15) is 0 Å². The second kappa shape index (κ2) is 5.71. The fourth-order valence-electron chi connectivity index (χ4n) is 1.64. The molecular formula is C14H16OS2. The standard InChI is InChI=1S/C14H16OS2/c1-10-3-5-12(6-4-10)17-9-14(15)13-7-8-16-11(13)2/h3-8,14-15H,9H2,1-2H3. The Labute approximate surface area is 111 Å². The Kier molecular flexibility index (Phi) is 4.26. The van der Waals surface area contributed by atoms with Crippen LogP contribution < -0.4 is 0 Å². The van der Waals surface area contributed by atoms with Crippen molar-refractivity contribution < 1.29 is 5.11 Å². The minimum absolute atomic E-state index is 0.368. The van der Waals surface area contributed by atoms with Gasteiger partial charge in [0.25, 0.3) is 0 Å². The predicted molar refractivity (Wildman–Crippen MR) is 75.9 cm³/mol.